The molecule has 3 aromatic rings. The molecular formula is C27H28Cl2N4O7. The van der Waals surface area contributed by atoms with Crippen LogP contribution in [0.1, 0.15) is 33.0 Å². The van der Waals surface area contributed by atoms with Crippen LogP contribution in [-0.4, -0.2) is 42.2 Å². The van der Waals surface area contributed by atoms with Gasteiger partial charge in [0.05, 0.1) is 28.8 Å². The van der Waals surface area contributed by atoms with Crippen LogP contribution in [0.5, 0.6) is 11.5 Å². The van der Waals surface area contributed by atoms with Gasteiger partial charge in [0.1, 0.15) is 29.1 Å². The van der Waals surface area contributed by atoms with E-state index in [0.717, 1.165) is 0 Å². The fourth-order valence-electron chi connectivity index (χ4n) is 3.61. The van der Waals surface area contributed by atoms with Crippen LogP contribution in [0.4, 0.5) is 5.69 Å². The summed E-state index contributed by atoms with van der Waals surface area (Å²) in [5, 5.41) is 18.5. The van der Waals surface area contributed by atoms with Gasteiger partial charge in [0, 0.05) is 17.2 Å². The number of nitro benzene ring substituents is 1. The molecule has 1 aromatic heterocycles. The minimum Gasteiger partial charge on any atom is -0.496 e. The van der Waals surface area contributed by atoms with Crippen molar-refractivity contribution in [2.75, 3.05) is 7.11 Å². The van der Waals surface area contributed by atoms with Gasteiger partial charge < -0.3 is 19.2 Å². The van der Waals surface area contributed by atoms with Gasteiger partial charge >= 0.3 is 0 Å². The monoisotopic (exact) mass is 590 g/mol. The van der Waals surface area contributed by atoms with E-state index in [2.05, 4.69) is 15.8 Å². The zero-order valence-corrected chi connectivity index (χ0v) is 23.7. The van der Waals surface area contributed by atoms with E-state index >= 15 is 0 Å². The quantitative estimate of drug-likeness (QED) is 0.158. The van der Waals surface area contributed by atoms with E-state index < -0.39 is 28.9 Å². The topological polar surface area (TPSA) is 145 Å². The first-order valence-electron chi connectivity index (χ1n) is 12.2. The number of ether oxygens (including phenoxy) is 2. The second-order valence-electron chi connectivity index (χ2n) is 9.10. The molecule has 0 saturated carbocycles. The Morgan fingerprint density at radius 3 is 2.45 bits per heavy atom. The molecule has 0 aliphatic rings. The fourth-order valence-corrected chi connectivity index (χ4v) is 4.07. The van der Waals surface area contributed by atoms with Crippen molar-refractivity contribution in [2.24, 2.45) is 11.0 Å². The lowest BCUT2D eigenvalue weighted by atomic mass is 10.0. The van der Waals surface area contributed by atoms with E-state index in [-0.39, 0.29) is 28.1 Å². The second kappa shape index (κ2) is 13.8. The highest BCUT2D eigenvalue weighted by atomic mass is 35.5. The standard InChI is InChI=1S/C27H28Cl2N4O7/c1-15(2)11-22(31-26(34)16(3)39-25-8-5-17(28)12-21(25)29)27(35)32-30-14-19-7-10-24(40-19)20-13-18(33(36)37)6-9-23(20)38-4/h5-10,12-16,22H,11H2,1-4H3,(H,31,34)(H,32,35)/b30-14-/t16-,22+/m1/s1. The summed E-state index contributed by atoms with van der Waals surface area (Å²) >= 11 is 12.0. The Kier molecular flexibility index (Phi) is 10.5. The number of methoxy groups -OCH3 is 1. The number of nitro groups is 1. The molecule has 0 spiro atoms. The first kappa shape index (κ1) is 30.5. The average molecular weight is 591 g/mol. The van der Waals surface area contributed by atoms with Crippen LogP contribution in [-0.2, 0) is 9.59 Å². The lowest BCUT2D eigenvalue weighted by Gasteiger charge is -2.22. The molecule has 0 aliphatic carbocycles. The summed E-state index contributed by atoms with van der Waals surface area (Å²) in [6.07, 6.45) is 0.671. The molecule has 13 heteroatoms. The van der Waals surface area contributed by atoms with E-state index in [1.807, 2.05) is 13.8 Å². The largest absolute Gasteiger partial charge is 0.496 e. The van der Waals surface area contributed by atoms with Crippen molar-refractivity contribution in [2.45, 2.75) is 39.3 Å². The van der Waals surface area contributed by atoms with E-state index in [1.54, 1.807) is 24.3 Å². The number of non-ortho nitro benzene ring substituents is 1. The van der Waals surface area contributed by atoms with Gasteiger partial charge in [-0.2, -0.15) is 5.10 Å². The zero-order valence-electron chi connectivity index (χ0n) is 22.1. The number of amides is 2. The van der Waals surface area contributed by atoms with Gasteiger partial charge in [-0.3, -0.25) is 19.7 Å². The number of hydrazone groups is 1. The Hall–Kier alpha value is -4.09. The van der Waals surface area contributed by atoms with Gasteiger partial charge in [-0.1, -0.05) is 37.0 Å². The lowest BCUT2D eigenvalue weighted by Crippen LogP contribution is -2.49. The van der Waals surface area contributed by atoms with Gasteiger partial charge in [-0.25, -0.2) is 5.43 Å². The molecule has 3 rings (SSSR count). The van der Waals surface area contributed by atoms with Crippen LogP contribution >= 0.6 is 23.2 Å². The van der Waals surface area contributed by atoms with Crippen molar-refractivity contribution in [3.63, 3.8) is 0 Å². The average Bonchev–Trinajstić information content (AvgIpc) is 3.37. The number of carbonyl (C=O) groups excluding carboxylic acids is 2. The Labute approximate surface area is 240 Å². The van der Waals surface area contributed by atoms with Crippen molar-refractivity contribution in [1.82, 2.24) is 10.7 Å². The highest BCUT2D eigenvalue weighted by Crippen LogP contribution is 2.34. The maximum Gasteiger partial charge on any atom is 0.270 e. The van der Waals surface area contributed by atoms with E-state index in [9.17, 15) is 19.7 Å². The van der Waals surface area contributed by atoms with Crippen molar-refractivity contribution >= 4 is 46.9 Å². The van der Waals surface area contributed by atoms with Crippen molar-refractivity contribution in [1.29, 1.82) is 0 Å². The smallest absolute Gasteiger partial charge is 0.270 e. The second-order valence-corrected chi connectivity index (χ2v) is 9.95. The van der Waals surface area contributed by atoms with Crippen LogP contribution in [0.25, 0.3) is 11.3 Å². The molecule has 1 heterocycles. The molecule has 2 amide bonds. The minimum absolute atomic E-state index is 0.0829. The molecule has 2 aromatic carbocycles. The summed E-state index contributed by atoms with van der Waals surface area (Å²) < 4.78 is 16.6. The molecule has 2 N–H and O–H groups in total. The molecule has 212 valence electrons. The van der Waals surface area contributed by atoms with Crippen LogP contribution in [0, 0.1) is 16.0 Å². The summed E-state index contributed by atoms with van der Waals surface area (Å²) in [5.74, 6) is 0.284. The Bertz CT molecular complexity index is 1410. The van der Waals surface area contributed by atoms with Crippen molar-refractivity contribution < 1.29 is 28.4 Å². The van der Waals surface area contributed by atoms with Crippen LogP contribution < -0.4 is 20.2 Å². The lowest BCUT2D eigenvalue weighted by molar-refractivity contribution is -0.384. The van der Waals surface area contributed by atoms with Crippen molar-refractivity contribution in [3.05, 3.63) is 74.5 Å². The van der Waals surface area contributed by atoms with Gasteiger partial charge in [0.25, 0.3) is 17.5 Å². The third-order valence-electron chi connectivity index (χ3n) is 5.56. The molecule has 0 saturated heterocycles. The number of carbonyl (C=O) groups is 2. The highest BCUT2D eigenvalue weighted by Gasteiger charge is 2.25. The van der Waals surface area contributed by atoms with Crippen LogP contribution in [0.3, 0.4) is 0 Å². The third kappa shape index (κ3) is 8.20. The minimum atomic E-state index is -0.947. The van der Waals surface area contributed by atoms with Gasteiger partial charge in [0.15, 0.2) is 6.10 Å². The van der Waals surface area contributed by atoms with Gasteiger partial charge in [-0.05, 0) is 55.7 Å². The number of nitrogens with one attached hydrogen (secondary N) is 2. The predicted molar refractivity (Wildman–Crippen MR) is 151 cm³/mol. The molecule has 0 bridgehead atoms. The highest BCUT2D eigenvalue weighted by molar-refractivity contribution is 6.35. The molecular weight excluding hydrogens is 563 g/mol. The Balaban J connectivity index is 1.65. The summed E-state index contributed by atoms with van der Waals surface area (Å²) in [6.45, 7) is 5.36. The van der Waals surface area contributed by atoms with Gasteiger partial charge in [-0.15, -0.1) is 0 Å². The SMILES string of the molecule is COc1ccc([N+](=O)[O-])cc1-c1ccc(/C=N\NC(=O)[C@H](CC(C)C)NC(=O)[C@@H](C)Oc2ccc(Cl)cc2Cl)o1. The van der Waals surface area contributed by atoms with E-state index in [0.29, 0.717) is 28.5 Å². The summed E-state index contributed by atoms with van der Waals surface area (Å²) in [4.78, 5) is 36.3. The van der Waals surface area contributed by atoms with Gasteiger partial charge in [0.2, 0.25) is 0 Å². The van der Waals surface area contributed by atoms with E-state index in [1.165, 1.54) is 44.5 Å². The number of hydrogen-bond donors (Lipinski definition) is 2. The number of hydrogen-bond acceptors (Lipinski definition) is 8. The van der Waals surface area contributed by atoms with E-state index in [4.69, 9.17) is 37.1 Å². The molecule has 2 atom stereocenters. The molecule has 11 nitrogen and oxygen atoms in total. The number of furan rings is 1. The maximum atomic E-state index is 12.9. The molecule has 0 unspecified atom stereocenters. The number of halogens is 2. The summed E-state index contributed by atoms with van der Waals surface area (Å²) in [7, 11) is 1.44. The van der Waals surface area contributed by atoms with Crippen LogP contribution in [0.2, 0.25) is 10.0 Å². The summed E-state index contributed by atoms with van der Waals surface area (Å²) in [5.41, 5.74) is 2.67. The first-order chi connectivity index (χ1) is 19.0. The molecule has 0 aliphatic heterocycles. The zero-order chi connectivity index (χ0) is 29.4. The fraction of sp³-hybridized carbons (Fsp3) is 0.296. The summed E-state index contributed by atoms with van der Waals surface area (Å²) in [6, 6.07) is 11.1. The first-order valence-corrected chi connectivity index (χ1v) is 12.9. The van der Waals surface area contributed by atoms with Crippen molar-refractivity contribution in [3.8, 4) is 22.8 Å². The maximum absolute atomic E-state index is 12.9. The third-order valence-corrected chi connectivity index (χ3v) is 6.09. The molecule has 0 fully saturated rings. The number of rotatable bonds is 12. The Morgan fingerprint density at radius 1 is 1.07 bits per heavy atom. The molecule has 40 heavy (non-hydrogen) atoms. The number of benzene rings is 2. The van der Waals surface area contributed by atoms with Crippen LogP contribution in [0.15, 0.2) is 58.0 Å². The number of nitrogens with zero attached hydrogens (tertiary/aromatic N) is 2. The predicted octanol–water partition coefficient (Wildman–Crippen LogP) is 5.62. The Morgan fingerprint density at radius 2 is 1.80 bits per heavy atom. The normalized spacial score (nSPS) is 12.7. The molecule has 0 radical (unpaired) electrons.